The number of carboxylic acid groups (broad SMARTS) is 1. The van der Waals surface area contributed by atoms with Crippen LogP contribution in [-0.2, 0) is 4.79 Å². The van der Waals surface area contributed by atoms with E-state index in [2.05, 4.69) is 0 Å². The van der Waals surface area contributed by atoms with Gasteiger partial charge in [-0.1, -0.05) is 6.07 Å². The van der Waals surface area contributed by atoms with E-state index in [0.29, 0.717) is 0 Å². The second-order valence-corrected chi connectivity index (χ2v) is 5.72. The van der Waals surface area contributed by atoms with Gasteiger partial charge in [-0.05, 0) is 55.7 Å². The first-order valence-electron chi connectivity index (χ1n) is 7.26. The van der Waals surface area contributed by atoms with Crippen LogP contribution >= 0.6 is 0 Å². The summed E-state index contributed by atoms with van der Waals surface area (Å²) in [5.41, 5.74) is 1.05. The van der Waals surface area contributed by atoms with E-state index < -0.39 is 5.97 Å². The van der Waals surface area contributed by atoms with Gasteiger partial charge in [0.1, 0.15) is 0 Å². The number of hydrogen-bond donors (Lipinski definition) is 1. The summed E-state index contributed by atoms with van der Waals surface area (Å²) in [6.45, 7) is 0. The Hall–Kier alpha value is -1.71. The molecule has 0 saturated heterocycles. The van der Waals surface area contributed by atoms with Crippen LogP contribution in [0.5, 0.6) is 11.5 Å². The first-order valence-corrected chi connectivity index (χ1v) is 7.26. The second kappa shape index (κ2) is 5.35. The van der Waals surface area contributed by atoms with Crippen molar-refractivity contribution in [1.29, 1.82) is 0 Å². The standard InChI is InChI=1S/C16H20O4/c1-19-14-7-6-10(12-9-13(12)16(17)18)8-15(14)20-11-4-2-3-5-11/h6-8,11-13H,2-5,9H2,1H3,(H,17,18). The minimum absolute atomic E-state index is 0.129. The highest BCUT2D eigenvalue weighted by atomic mass is 16.5. The van der Waals surface area contributed by atoms with E-state index in [9.17, 15) is 4.79 Å². The fraction of sp³-hybridized carbons (Fsp3) is 0.562. The molecule has 108 valence electrons. The van der Waals surface area contributed by atoms with Gasteiger partial charge >= 0.3 is 5.97 Å². The minimum Gasteiger partial charge on any atom is -0.493 e. The summed E-state index contributed by atoms with van der Waals surface area (Å²) in [6, 6.07) is 5.80. The lowest BCUT2D eigenvalue weighted by molar-refractivity contribution is -0.138. The minimum atomic E-state index is -0.705. The van der Waals surface area contributed by atoms with Gasteiger partial charge < -0.3 is 14.6 Å². The summed E-state index contributed by atoms with van der Waals surface area (Å²) < 4.78 is 11.4. The van der Waals surface area contributed by atoms with E-state index in [1.54, 1.807) is 7.11 Å². The lowest BCUT2D eigenvalue weighted by atomic mass is 10.1. The van der Waals surface area contributed by atoms with Crippen molar-refractivity contribution in [3.05, 3.63) is 23.8 Å². The number of hydrogen-bond acceptors (Lipinski definition) is 3. The summed E-state index contributed by atoms with van der Waals surface area (Å²) >= 11 is 0. The molecule has 1 N–H and O–H groups in total. The van der Waals surface area contributed by atoms with Gasteiger partial charge in [-0.2, -0.15) is 0 Å². The zero-order chi connectivity index (χ0) is 14.1. The largest absolute Gasteiger partial charge is 0.493 e. The van der Waals surface area contributed by atoms with Crippen LogP contribution in [0.15, 0.2) is 18.2 Å². The van der Waals surface area contributed by atoms with Gasteiger partial charge in [-0.25, -0.2) is 0 Å². The lowest BCUT2D eigenvalue weighted by Crippen LogP contribution is -2.11. The zero-order valence-electron chi connectivity index (χ0n) is 11.7. The molecule has 2 aliphatic carbocycles. The number of carboxylic acids is 1. The Morgan fingerprint density at radius 2 is 2.00 bits per heavy atom. The van der Waals surface area contributed by atoms with Gasteiger partial charge in [0.15, 0.2) is 11.5 Å². The molecule has 0 aromatic heterocycles. The predicted molar refractivity (Wildman–Crippen MR) is 74.4 cm³/mol. The number of rotatable bonds is 5. The molecular weight excluding hydrogens is 256 g/mol. The van der Waals surface area contributed by atoms with Crippen molar-refractivity contribution in [1.82, 2.24) is 0 Å². The van der Waals surface area contributed by atoms with Crippen LogP contribution in [0.25, 0.3) is 0 Å². The molecule has 1 aromatic rings. The number of methoxy groups -OCH3 is 1. The van der Waals surface area contributed by atoms with Gasteiger partial charge in [0.05, 0.1) is 19.1 Å². The molecule has 0 aliphatic heterocycles. The first-order chi connectivity index (χ1) is 9.69. The molecular formula is C16H20O4. The number of aliphatic carboxylic acids is 1. The Balaban J connectivity index is 1.78. The average molecular weight is 276 g/mol. The Labute approximate surface area is 118 Å². The van der Waals surface area contributed by atoms with E-state index in [-0.39, 0.29) is 17.9 Å². The van der Waals surface area contributed by atoms with Crippen LogP contribution in [0.3, 0.4) is 0 Å². The highest BCUT2D eigenvalue weighted by Crippen LogP contribution is 2.49. The highest BCUT2D eigenvalue weighted by Gasteiger charge is 2.44. The lowest BCUT2D eigenvalue weighted by Gasteiger charge is -2.16. The van der Waals surface area contributed by atoms with Crippen molar-refractivity contribution in [2.45, 2.75) is 44.1 Å². The molecule has 0 bridgehead atoms. The molecule has 4 nitrogen and oxygen atoms in total. The van der Waals surface area contributed by atoms with Crippen LogP contribution in [-0.4, -0.2) is 24.3 Å². The van der Waals surface area contributed by atoms with Crippen LogP contribution in [0.1, 0.15) is 43.6 Å². The third kappa shape index (κ3) is 2.60. The van der Waals surface area contributed by atoms with Crippen LogP contribution in [0, 0.1) is 5.92 Å². The normalized spacial score (nSPS) is 25.4. The van der Waals surface area contributed by atoms with Gasteiger partial charge in [0, 0.05) is 0 Å². The Kier molecular flexibility index (Phi) is 3.55. The van der Waals surface area contributed by atoms with Gasteiger partial charge in [-0.3, -0.25) is 4.79 Å². The summed E-state index contributed by atoms with van der Waals surface area (Å²) in [7, 11) is 1.63. The Morgan fingerprint density at radius 3 is 2.60 bits per heavy atom. The van der Waals surface area contributed by atoms with E-state index in [4.69, 9.17) is 14.6 Å². The summed E-state index contributed by atoms with van der Waals surface area (Å²) in [4.78, 5) is 11.0. The average Bonchev–Trinajstić information content (AvgIpc) is 3.10. The summed E-state index contributed by atoms with van der Waals surface area (Å²) in [6.07, 6.45) is 5.62. The molecule has 2 atom stereocenters. The SMILES string of the molecule is COc1ccc(C2CC2C(=O)O)cc1OC1CCCC1. The quantitative estimate of drug-likeness (QED) is 0.897. The van der Waals surface area contributed by atoms with Crippen molar-refractivity contribution >= 4 is 5.97 Å². The van der Waals surface area contributed by atoms with Crippen LogP contribution < -0.4 is 9.47 Å². The van der Waals surface area contributed by atoms with E-state index in [1.165, 1.54) is 12.8 Å². The van der Waals surface area contributed by atoms with Crippen molar-refractivity contribution in [3.8, 4) is 11.5 Å². The molecule has 2 fully saturated rings. The number of ether oxygens (including phenoxy) is 2. The molecule has 2 unspecified atom stereocenters. The smallest absolute Gasteiger partial charge is 0.307 e. The van der Waals surface area contributed by atoms with E-state index >= 15 is 0 Å². The third-order valence-electron chi connectivity index (χ3n) is 4.32. The molecule has 0 amide bonds. The van der Waals surface area contributed by atoms with Crippen molar-refractivity contribution in [3.63, 3.8) is 0 Å². The van der Waals surface area contributed by atoms with Gasteiger partial charge in [-0.15, -0.1) is 0 Å². The predicted octanol–water partition coefficient (Wildman–Crippen LogP) is 3.20. The van der Waals surface area contributed by atoms with Crippen molar-refractivity contribution in [2.75, 3.05) is 7.11 Å². The van der Waals surface area contributed by atoms with Crippen LogP contribution in [0.4, 0.5) is 0 Å². The Morgan fingerprint density at radius 1 is 1.25 bits per heavy atom. The molecule has 0 spiro atoms. The maximum Gasteiger partial charge on any atom is 0.307 e. The summed E-state index contributed by atoms with van der Waals surface area (Å²) in [5.74, 6) is 0.678. The molecule has 2 aliphatic rings. The molecule has 1 aromatic carbocycles. The molecule has 4 heteroatoms. The monoisotopic (exact) mass is 276 g/mol. The highest BCUT2D eigenvalue weighted by molar-refractivity contribution is 5.75. The summed E-state index contributed by atoms with van der Waals surface area (Å²) in [5, 5.41) is 9.03. The molecule has 0 heterocycles. The van der Waals surface area contributed by atoms with E-state index in [0.717, 1.165) is 36.3 Å². The van der Waals surface area contributed by atoms with Gasteiger partial charge in [0.2, 0.25) is 0 Å². The topological polar surface area (TPSA) is 55.8 Å². The fourth-order valence-corrected chi connectivity index (χ4v) is 3.04. The maximum atomic E-state index is 11.0. The molecule has 2 saturated carbocycles. The fourth-order valence-electron chi connectivity index (χ4n) is 3.04. The maximum absolute atomic E-state index is 11.0. The van der Waals surface area contributed by atoms with E-state index in [1.807, 2.05) is 18.2 Å². The Bertz CT molecular complexity index is 505. The van der Waals surface area contributed by atoms with Crippen molar-refractivity contribution in [2.24, 2.45) is 5.92 Å². The van der Waals surface area contributed by atoms with Crippen molar-refractivity contribution < 1.29 is 19.4 Å². The molecule has 0 radical (unpaired) electrons. The number of carbonyl (C=O) groups is 1. The first kappa shape index (κ1) is 13.3. The van der Waals surface area contributed by atoms with Gasteiger partial charge in [0.25, 0.3) is 0 Å². The second-order valence-electron chi connectivity index (χ2n) is 5.72. The molecule has 3 rings (SSSR count). The third-order valence-corrected chi connectivity index (χ3v) is 4.32. The number of benzene rings is 1. The zero-order valence-corrected chi connectivity index (χ0v) is 11.7. The van der Waals surface area contributed by atoms with Crippen LogP contribution in [0.2, 0.25) is 0 Å². The molecule has 20 heavy (non-hydrogen) atoms.